The molecule has 0 saturated heterocycles. The van der Waals surface area contributed by atoms with E-state index in [2.05, 4.69) is 34.6 Å². The standard InChI is InChI=1S/C32H44O5/c1-19(24-13-12-21(3)29(35)37-24)10-9-11-20(2)28-23(34)18-26-31(7)17-15-27(36-22(4)33)30(5,6)25(31)14-16-32(26,28)8/h9-12,24-27H,13-18H2,1-8H3/b11-9+,19-10+,28-20+/t24-,25+,26+,27+,31+,32+/m1/s1. The van der Waals surface area contributed by atoms with Gasteiger partial charge in [0, 0.05) is 41.7 Å². The number of rotatable bonds is 4. The molecular weight excluding hydrogens is 464 g/mol. The first-order valence-corrected chi connectivity index (χ1v) is 13.9. The molecule has 0 amide bonds. The molecule has 0 aromatic carbocycles. The third-order valence-electron chi connectivity index (χ3n) is 10.4. The molecule has 5 nitrogen and oxygen atoms in total. The lowest BCUT2D eigenvalue weighted by Gasteiger charge is -2.62. The highest BCUT2D eigenvalue weighted by molar-refractivity contribution is 6.00. The number of fused-ring (bicyclic) bond motifs is 3. The van der Waals surface area contributed by atoms with Crippen molar-refractivity contribution in [2.45, 2.75) is 106 Å². The first kappa shape index (κ1) is 27.6. The van der Waals surface area contributed by atoms with E-state index >= 15 is 0 Å². The van der Waals surface area contributed by atoms with Crippen LogP contribution in [0, 0.1) is 28.1 Å². The molecule has 4 aliphatic rings. The van der Waals surface area contributed by atoms with Gasteiger partial charge in [-0.05, 0) is 74.9 Å². The van der Waals surface area contributed by atoms with Gasteiger partial charge in [-0.2, -0.15) is 0 Å². The Balaban J connectivity index is 1.58. The van der Waals surface area contributed by atoms with E-state index < -0.39 is 0 Å². The van der Waals surface area contributed by atoms with Gasteiger partial charge in [-0.1, -0.05) is 52.0 Å². The number of ketones is 1. The fourth-order valence-corrected chi connectivity index (χ4v) is 8.42. The summed E-state index contributed by atoms with van der Waals surface area (Å²) in [4.78, 5) is 37.2. The van der Waals surface area contributed by atoms with Crippen LogP contribution in [0.4, 0.5) is 0 Å². The Kier molecular flexibility index (Phi) is 7.24. The van der Waals surface area contributed by atoms with Crippen molar-refractivity contribution in [2.24, 2.45) is 28.1 Å². The first-order chi connectivity index (χ1) is 17.2. The van der Waals surface area contributed by atoms with E-state index in [0.29, 0.717) is 24.3 Å². The third-order valence-corrected chi connectivity index (χ3v) is 10.4. The minimum absolute atomic E-state index is 0.0293. The number of carbonyl (C=O) groups excluding carboxylic acids is 3. The number of hydrogen-bond donors (Lipinski definition) is 0. The molecule has 3 aliphatic carbocycles. The maximum atomic E-state index is 13.5. The average Bonchev–Trinajstić information content (AvgIpc) is 3.08. The zero-order valence-electron chi connectivity index (χ0n) is 23.9. The normalized spacial score (nSPS) is 39.0. The van der Waals surface area contributed by atoms with Gasteiger partial charge in [-0.3, -0.25) is 9.59 Å². The van der Waals surface area contributed by atoms with E-state index in [4.69, 9.17) is 9.47 Å². The number of ether oxygens (including phenoxy) is 2. The molecule has 0 N–H and O–H groups in total. The summed E-state index contributed by atoms with van der Waals surface area (Å²) in [7, 11) is 0. The summed E-state index contributed by atoms with van der Waals surface area (Å²) < 4.78 is 11.3. The van der Waals surface area contributed by atoms with Gasteiger partial charge in [0.05, 0.1) is 0 Å². The molecule has 202 valence electrons. The highest BCUT2D eigenvalue weighted by Crippen LogP contribution is 2.69. The minimum atomic E-state index is -0.254. The molecule has 1 aliphatic heterocycles. The van der Waals surface area contributed by atoms with Gasteiger partial charge >= 0.3 is 11.9 Å². The van der Waals surface area contributed by atoms with E-state index in [1.165, 1.54) is 6.92 Å². The highest BCUT2D eigenvalue weighted by atomic mass is 16.5. The number of esters is 2. The molecular formula is C32H44O5. The van der Waals surface area contributed by atoms with Crippen LogP contribution in [-0.2, 0) is 23.9 Å². The smallest absolute Gasteiger partial charge is 0.333 e. The van der Waals surface area contributed by atoms with Gasteiger partial charge in [0.15, 0.2) is 5.78 Å². The van der Waals surface area contributed by atoms with Gasteiger partial charge in [0.2, 0.25) is 0 Å². The van der Waals surface area contributed by atoms with Gasteiger partial charge in [-0.25, -0.2) is 4.79 Å². The molecule has 3 fully saturated rings. The molecule has 0 spiro atoms. The second kappa shape index (κ2) is 9.71. The molecule has 0 aromatic heterocycles. The molecule has 3 saturated carbocycles. The number of Topliss-reactive ketones (excluding diaryl/α,β-unsaturated/α-hetero) is 1. The van der Waals surface area contributed by atoms with Crippen LogP contribution in [0.3, 0.4) is 0 Å². The van der Waals surface area contributed by atoms with Crippen LogP contribution in [-0.4, -0.2) is 29.9 Å². The Labute approximate surface area is 222 Å². The van der Waals surface area contributed by atoms with Crippen molar-refractivity contribution in [1.29, 1.82) is 0 Å². The van der Waals surface area contributed by atoms with Crippen molar-refractivity contribution >= 4 is 17.7 Å². The number of cyclic esters (lactones) is 1. The zero-order chi connectivity index (χ0) is 27.3. The lowest BCUT2D eigenvalue weighted by Crippen LogP contribution is -2.58. The molecule has 0 radical (unpaired) electrons. The SMILES string of the molecule is CC(=O)O[C@H]1CC[C@@]2(C)[C@@H](CC[C@]3(C)/C(=C(C)/C=C/C=C(\C)[C@H]4CC=C(C)C(=O)O4)C(=O)C[C@@H]23)C1(C)C. The second-order valence-electron chi connectivity index (χ2n) is 13.0. The lowest BCUT2D eigenvalue weighted by molar-refractivity contribution is -0.185. The largest absolute Gasteiger partial charge is 0.462 e. The van der Waals surface area contributed by atoms with Gasteiger partial charge in [0.25, 0.3) is 0 Å². The van der Waals surface area contributed by atoms with Crippen molar-refractivity contribution in [3.63, 3.8) is 0 Å². The summed E-state index contributed by atoms with van der Waals surface area (Å²) >= 11 is 0. The molecule has 4 rings (SSSR count). The minimum Gasteiger partial charge on any atom is -0.462 e. The second-order valence-corrected chi connectivity index (χ2v) is 13.0. The molecule has 37 heavy (non-hydrogen) atoms. The number of hydrogen-bond acceptors (Lipinski definition) is 5. The summed E-state index contributed by atoms with van der Waals surface area (Å²) in [5.41, 5.74) is 3.43. The zero-order valence-corrected chi connectivity index (χ0v) is 23.9. The van der Waals surface area contributed by atoms with E-state index in [1.807, 2.05) is 31.2 Å². The molecule has 5 heteroatoms. The topological polar surface area (TPSA) is 69.7 Å². The van der Waals surface area contributed by atoms with Gasteiger partial charge in [-0.15, -0.1) is 0 Å². The monoisotopic (exact) mass is 508 g/mol. The van der Waals surface area contributed by atoms with Crippen molar-refractivity contribution in [3.8, 4) is 0 Å². The fraction of sp³-hybridized carbons (Fsp3) is 0.656. The summed E-state index contributed by atoms with van der Waals surface area (Å²) in [5, 5.41) is 0. The van der Waals surface area contributed by atoms with Crippen molar-refractivity contribution in [2.75, 3.05) is 0 Å². The summed E-state index contributed by atoms with van der Waals surface area (Å²) in [6.45, 7) is 16.5. The van der Waals surface area contributed by atoms with Gasteiger partial charge in [0.1, 0.15) is 12.2 Å². The van der Waals surface area contributed by atoms with E-state index in [1.54, 1.807) is 6.92 Å². The van der Waals surface area contributed by atoms with Crippen LogP contribution in [0.25, 0.3) is 0 Å². The lowest BCUT2D eigenvalue weighted by atomic mass is 9.43. The van der Waals surface area contributed by atoms with Crippen LogP contribution in [0.15, 0.2) is 46.6 Å². The van der Waals surface area contributed by atoms with Crippen LogP contribution in [0.1, 0.15) is 93.9 Å². The van der Waals surface area contributed by atoms with Crippen LogP contribution in [0.2, 0.25) is 0 Å². The number of carbonyl (C=O) groups is 3. The predicted octanol–water partition coefficient (Wildman–Crippen LogP) is 6.83. The van der Waals surface area contributed by atoms with Crippen molar-refractivity contribution in [1.82, 2.24) is 0 Å². The number of allylic oxidation sites excluding steroid dienone is 5. The maximum Gasteiger partial charge on any atom is 0.333 e. The van der Waals surface area contributed by atoms with E-state index in [0.717, 1.165) is 42.4 Å². The van der Waals surface area contributed by atoms with Crippen LogP contribution in [0.5, 0.6) is 0 Å². The Morgan fingerprint density at radius 3 is 2.41 bits per heavy atom. The Bertz CT molecular complexity index is 1120. The Morgan fingerprint density at radius 1 is 1.05 bits per heavy atom. The Morgan fingerprint density at radius 2 is 1.76 bits per heavy atom. The highest BCUT2D eigenvalue weighted by Gasteiger charge is 2.65. The van der Waals surface area contributed by atoms with Gasteiger partial charge < -0.3 is 9.47 Å². The van der Waals surface area contributed by atoms with Crippen LogP contribution < -0.4 is 0 Å². The quantitative estimate of drug-likeness (QED) is 0.236. The molecule has 0 unspecified atom stereocenters. The first-order valence-electron chi connectivity index (χ1n) is 13.9. The van der Waals surface area contributed by atoms with E-state index in [-0.39, 0.29) is 52.1 Å². The summed E-state index contributed by atoms with van der Waals surface area (Å²) in [6.07, 6.45) is 12.8. The third kappa shape index (κ3) is 4.68. The van der Waals surface area contributed by atoms with E-state index in [9.17, 15) is 14.4 Å². The molecule has 0 aromatic rings. The summed E-state index contributed by atoms with van der Waals surface area (Å²) in [5.74, 6) is 0.509. The molecule has 1 heterocycles. The summed E-state index contributed by atoms with van der Waals surface area (Å²) in [6, 6.07) is 0. The van der Waals surface area contributed by atoms with Crippen molar-refractivity contribution in [3.05, 3.63) is 46.6 Å². The Hall–Kier alpha value is -2.43. The predicted molar refractivity (Wildman–Crippen MR) is 144 cm³/mol. The molecule has 0 bridgehead atoms. The van der Waals surface area contributed by atoms with Crippen molar-refractivity contribution < 1.29 is 23.9 Å². The molecule has 6 atom stereocenters. The fourth-order valence-electron chi connectivity index (χ4n) is 8.42. The van der Waals surface area contributed by atoms with Crippen LogP contribution >= 0.6 is 0 Å². The maximum absolute atomic E-state index is 13.5. The average molecular weight is 509 g/mol.